The summed E-state index contributed by atoms with van der Waals surface area (Å²) >= 11 is 1.60. The van der Waals surface area contributed by atoms with Gasteiger partial charge in [0.25, 0.3) is 15.9 Å². The van der Waals surface area contributed by atoms with E-state index in [1.807, 2.05) is 0 Å². The molecule has 1 unspecified atom stereocenters. The smallest absolute Gasteiger partial charge is 0.269 e. The molecule has 2 aliphatic heterocycles. The lowest BCUT2D eigenvalue weighted by Gasteiger charge is -2.16. The Morgan fingerprint density at radius 3 is 2.91 bits per heavy atom. The summed E-state index contributed by atoms with van der Waals surface area (Å²) < 4.78 is 44.6. The van der Waals surface area contributed by atoms with Gasteiger partial charge in [0, 0.05) is 24.2 Å². The number of ether oxygens (including phenoxy) is 1. The summed E-state index contributed by atoms with van der Waals surface area (Å²) in [6.45, 7) is 2.98. The Labute approximate surface area is 132 Å². The Hall–Kier alpha value is -1.12. The van der Waals surface area contributed by atoms with Crippen LogP contribution in [0.15, 0.2) is 17.0 Å². The lowest BCUT2D eigenvalue weighted by atomic mass is 10.1. The minimum absolute atomic E-state index is 0.0619. The summed E-state index contributed by atoms with van der Waals surface area (Å²) in [7, 11) is -3.87. The highest BCUT2D eigenvalue weighted by Gasteiger charge is 2.42. The highest BCUT2D eigenvalue weighted by Crippen LogP contribution is 2.34. The lowest BCUT2D eigenvalue weighted by molar-refractivity contribution is 0.0876. The first-order valence-electron chi connectivity index (χ1n) is 6.98. The summed E-state index contributed by atoms with van der Waals surface area (Å²) in [6.07, 6.45) is 0.940. The molecule has 8 heteroatoms. The van der Waals surface area contributed by atoms with E-state index in [0.29, 0.717) is 17.6 Å². The van der Waals surface area contributed by atoms with Crippen LogP contribution in [0.3, 0.4) is 0 Å². The number of halogens is 1. The Morgan fingerprint density at radius 2 is 2.23 bits per heavy atom. The molecule has 5 nitrogen and oxygen atoms in total. The van der Waals surface area contributed by atoms with E-state index in [0.717, 1.165) is 29.5 Å². The average Bonchev–Trinajstić information content (AvgIpc) is 2.99. The molecule has 0 aromatic heterocycles. The number of fused-ring (bicyclic) bond motifs is 1. The normalized spacial score (nSPS) is 23.1. The van der Waals surface area contributed by atoms with Crippen molar-refractivity contribution in [2.45, 2.75) is 23.5 Å². The fourth-order valence-corrected chi connectivity index (χ4v) is 5.70. The highest BCUT2D eigenvalue weighted by atomic mass is 32.2. The largest absolute Gasteiger partial charge is 0.380 e. The molecule has 1 saturated heterocycles. The van der Waals surface area contributed by atoms with Crippen molar-refractivity contribution in [1.29, 1.82) is 0 Å². The Balaban J connectivity index is 1.79. The first kappa shape index (κ1) is 15.8. The van der Waals surface area contributed by atoms with Crippen LogP contribution in [0.1, 0.15) is 22.3 Å². The van der Waals surface area contributed by atoms with E-state index >= 15 is 0 Å². The van der Waals surface area contributed by atoms with E-state index in [1.54, 1.807) is 11.8 Å². The van der Waals surface area contributed by atoms with Gasteiger partial charge in [-0.15, -0.1) is 0 Å². The second-order valence-electron chi connectivity index (χ2n) is 5.34. The number of rotatable bonds is 4. The Morgan fingerprint density at radius 1 is 1.45 bits per heavy atom. The second kappa shape index (κ2) is 5.82. The van der Waals surface area contributed by atoms with Gasteiger partial charge in [0.2, 0.25) is 0 Å². The second-order valence-corrected chi connectivity index (χ2v) is 8.55. The fraction of sp³-hybridized carbons (Fsp3) is 0.500. The van der Waals surface area contributed by atoms with Crippen LogP contribution >= 0.6 is 11.8 Å². The summed E-state index contributed by atoms with van der Waals surface area (Å²) in [6, 6.07) is 2.14. The number of sulfonamides is 1. The maximum Gasteiger partial charge on any atom is 0.269 e. The van der Waals surface area contributed by atoms with E-state index in [2.05, 4.69) is 0 Å². The van der Waals surface area contributed by atoms with Gasteiger partial charge in [-0.05, 0) is 31.0 Å². The molecule has 3 rings (SSSR count). The molecule has 22 heavy (non-hydrogen) atoms. The van der Waals surface area contributed by atoms with Gasteiger partial charge in [0.1, 0.15) is 10.7 Å². The van der Waals surface area contributed by atoms with Gasteiger partial charge < -0.3 is 4.74 Å². The molecule has 1 aromatic rings. The fourth-order valence-electron chi connectivity index (χ4n) is 2.75. The SMILES string of the molecule is Cc1cc(F)cc2c1S(=O)(=O)N(CCSC1CCOC1)C2=O. The van der Waals surface area contributed by atoms with Crippen LogP contribution in [0, 0.1) is 12.7 Å². The molecule has 0 spiro atoms. The predicted octanol–water partition coefficient (Wildman–Crippen LogP) is 1.80. The van der Waals surface area contributed by atoms with E-state index in [9.17, 15) is 17.6 Å². The monoisotopic (exact) mass is 345 g/mol. The summed E-state index contributed by atoms with van der Waals surface area (Å²) in [4.78, 5) is 12.2. The van der Waals surface area contributed by atoms with Gasteiger partial charge in [-0.1, -0.05) is 0 Å². The molecule has 1 amide bonds. The number of thioether (sulfide) groups is 1. The number of amides is 1. The third kappa shape index (κ3) is 2.63. The molecule has 1 fully saturated rings. The van der Waals surface area contributed by atoms with Crippen molar-refractivity contribution in [1.82, 2.24) is 4.31 Å². The van der Waals surface area contributed by atoms with Crippen molar-refractivity contribution in [3.8, 4) is 0 Å². The first-order valence-corrected chi connectivity index (χ1v) is 9.46. The van der Waals surface area contributed by atoms with Gasteiger partial charge >= 0.3 is 0 Å². The van der Waals surface area contributed by atoms with Gasteiger partial charge in [0.05, 0.1) is 12.2 Å². The minimum atomic E-state index is -3.87. The van der Waals surface area contributed by atoms with Gasteiger partial charge in [-0.3, -0.25) is 4.79 Å². The molecule has 0 radical (unpaired) electrons. The standard InChI is InChI=1S/C14H16FNO4S2/c1-9-6-10(15)7-12-13(9)22(18,19)16(14(12)17)3-5-21-11-2-4-20-8-11/h6-7,11H,2-5,8H2,1H3. The topological polar surface area (TPSA) is 63.7 Å². The van der Waals surface area contributed by atoms with Crippen LogP contribution in [0.5, 0.6) is 0 Å². The Bertz CT molecular complexity index is 714. The molecular weight excluding hydrogens is 329 g/mol. The number of aryl methyl sites for hydroxylation is 1. The van der Waals surface area contributed by atoms with Crippen molar-refractivity contribution in [2.24, 2.45) is 0 Å². The van der Waals surface area contributed by atoms with E-state index < -0.39 is 21.7 Å². The summed E-state index contributed by atoms with van der Waals surface area (Å²) in [5.74, 6) is -0.728. The van der Waals surface area contributed by atoms with E-state index in [-0.39, 0.29) is 22.6 Å². The zero-order valence-corrected chi connectivity index (χ0v) is 13.7. The molecule has 0 N–H and O–H groups in total. The molecule has 120 valence electrons. The lowest BCUT2D eigenvalue weighted by Crippen LogP contribution is -2.32. The quantitative estimate of drug-likeness (QED) is 0.833. The average molecular weight is 345 g/mol. The molecule has 2 aliphatic rings. The third-order valence-corrected chi connectivity index (χ3v) is 7.03. The number of carbonyl (C=O) groups is 1. The summed E-state index contributed by atoms with van der Waals surface area (Å²) in [5, 5.41) is 0.349. The molecule has 0 aliphatic carbocycles. The van der Waals surface area contributed by atoms with E-state index in [1.165, 1.54) is 6.92 Å². The predicted molar refractivity (Wildman–Crippen MR) is 81.0 cm³/mol. The first-order chi connectivity index (χ1) is 10.4. The van der Waals surface area contributed by atoms with Crippen LogP contribution in [0.25, 0.3) is 0 Å². The zero-order valence-electron chi connectivity index (χ0n) is 12.0. The number of hydrogen-bond acceptors (Lipinski definition) is 5. The zero-order chi connectivity index (χ0) is 15.9. The van der Waals surface area contributed by atoms with Crippen molar-refractivity contribution in [2.75, 3.05) is 25.5 Å². The van der Waals surface area contributed by atoms with Crippen LogP contribution in [0.2, 0.25) is 0 Å². The summed E-state index contributed by atoms with van der Waals surface area (Å²) in [5.41, 5.74) is 0.203. The maximum absolute atomic E-state index is 13.4. The number of hydrogen-bond donors (Lipinski definition) is 0. The van der Waals surface area contributed by atoms with Crippen molar-refractivity contribution >= 4 is 27.7 Å². The third-order valence-electron chi connectivity index (χ3n) is 3.78. The minimum Gasteiger partial charge on any atom is -0.380 e. The van der Waals surface area contributed by atoms with Gasteiger partial charge in [0.15, 0.2) is 0 Å². The van der Waals surface area contributed by atoms with Crippen LogP contribution in [-0.2, 0) is 14.8 Å². The van der Waals surface area contributed by atoms with Crippen LogP contribution in [-0.4, -0.2) is 49.4 Å². The number of nitrogens with zero attached hydrogens (tertiary/aromatic N) is 1. The molecule has 1 aromatic carbocycles. The highest BCUT2D eigenvalue weighted by molar-refractivity contribution is 8.00. The van der Waals surface area contributed by atoms with Crippen LogP contribution in [0.4, 0.5) is 4.39 Å². The van der Waals surface area contributed by atoms with Gasteiger partial charge in [-0.25, -0.2) is 17.1 Å². The van der Waals surface area contributed by atoms with Gasteiger partial charge in [-0.2, -0.15) is 11.8 Å². The van der Waals surface area contributed by atoms with Crippen molar-refractivity contribution in [3.63, 3.8) is 0 Å². The Kier molecular flexibility index (Phi) is 4.17. The molecule has 1 atom stereocenters. The molecule has 0 bridgehead atoms. The molecule has 2 heterocycles. The number of benzene rings is 1. The van der Waals surface area contributed by atoms with E-state index in [4.69, 9.17) is 4.74 Å². The number of carbonyl (C=O) groups excluding carboxylic acids is 1. The maximum atomic E-state index is 13.4. The molecule has 0 saturated carbocycles. The van der Waals surface area contributed by atoms with Crippen LogP contribution < -0.4 is 0 Å². The van der Waals surface area contributed by atoms with Crippen molar-refractivity contribution in [3.05, 3.63) is 29.1 Å². The molecular formula is C14H16FNO4S2. The van der Waals surface area contributed by atoms with Crippen molar-refractivity contribution < 1.29 is 22.3 Å².